The van der Waals surface area contributed by atoms with Gasteiger partial charge < -0.3 is 4.74 Å². The molecule has 1 saturated heterocycles. The molecule has 2 amide bonds. The molecule has 4 nitrogen and oxygen atoms in total. The summed E-state index contributed by atoms with van der Waals surface area (Å²) in [5.41, 5.74) is 1.14. The molecule has 1 aromatic carbocycles. The number of rotatable bonds is 2. The molecule has 0 N–H and O–H groups in total. The first-order valence-corrected chi connectivity index (χ1v) is 5.62. The van der Waals surface area contributed by atoms with E-state index in [0.717, 1.165) is 26.7 Å². The highest BCUT2D eigenvalue weighted by atomic mass is 32.2. The normalized spacial score (nSPS) is 16.7. The molecule has 1 fully saturated rings. The summed E-state index contributed by atoms with van der Waals surface area (Å²) in [7, 11) is 0. The lowest BCUT2D eigenvalue weighted by atomic mass is 10.2. The highest BCUT2D eigenvalue weighted by Crippen LogP contribution is 2.24. The van der Waals surface area contributed by atoms with Crippen molar-refractivity contribution in [3.05, 3.63) is 29.8 Å². The monoisotopic (exact) mass is 237 g/mol. The predicted octanol–water partition coefficient (Wildman–Crippen LogP) is 1.39. The van der Waals surface area contributed by atoms with Gasteiger partial charge in [-0.1, -0.05) is 17.7 Å². The van der Waals surface area contributed by atoms with Gasteiger partial charge in [-0.2, -0.15) is 0 Å². The SMILES string of the molecule is Cc1ccc(SN2C(=O)COCC2=O)cc1. The number of nitrogens with zero attached hydrogens (tertiary/aromatic N) is 1. The van der Waals surface area contributed by atoms with Crippen molar-refractivity contribution in [2.75, 3.05) is 13.2 Å². The van der Waals surface area contributed by atoms with E-state index in [1.165, 1.54) is 0 Å². The Morgan fingerprint density at radius 1 is 1.12 bits per heavy atom. The molecule has 2 rings (SSSR count). The Morgan fingerprint density at radius 3 is 2.25 bits per heavy atom. The minimum atomic E-state index is -0.304. The molecule has 1 aromatic rings. The second-order valence-corrected chi connectivity index (χ2v) is 4.50. The quantitative estimate of drug-likeness (QED) is 0.576. The van der Waals surface area contributed by atoms with Crippen LogP contribution >= 0.6 is 11.9 Å². The maximum Gasteiger partial charge on any atom is 0.265 e. The zero-order chi connectivity index (χ0) is 11.5. The van der Waals surface area contributed by atoms with Crippen molar-refractivity contribution in [1.82, 2.24) is 4.31 Å². The Hall–Kier alpha value is -1.33. The van der Waals surface area contributed by atoms with E-state index in [1.54, 1.807) is 0 Å². The number of ether oxygens (including phenoxy) is 1. The van der Waals surface area contributed by atoms with Gasteiger partial charge in [0.15, 0.2) is 0 Å². The minimum Gasteiger partial charge on any atom is -0.362 e. The molecule has 0 saturated carbocycles. The molecule has 0 unspecified atom stereocenters. The van der Waals surface area contributed by atoms with Crippen LogP contribution in [0, 0.1) is 6.92 Å². The lowest BCUT2D eigenvalue weighted by Gasteiger charge is -2.23. The third kappa shape index (κ3) is 2.43. The summed E-state index contributed by atoms with van der Waals surface area (Å²) in [6.45, 7) is 1.94. The number of carbonyl (C=O) groups excluding carboxylic acids is 2. The molecule has 1 heterocycles. The number of carbonyl (C=O) groups is 2. The lowest BCUT2D eigenvalue weighted by Crippen LogP contribution is -2.41. The molecule has 1 aliphatic heterocycles. The fourth-order valence-corrected chi connectivity index (χ4v) is 2.07. The summed E-state index contributed by atoms with van der Waals surface area (Å²) >= 11 is 1.14. The molecule has 5 heteroatoms. The first kappa shape index (κ1) is 11.2. The van der Waals surface area contributed by atoms with E-state index in [2.05, 4.69) is 0 Å². The molecular weight excluding hydrogens is 226 g/mol. The lowest BCUT2D eigenvalue weighted by molar-refractivity contribution is -0.150. The van der Waals surface area contributed by atoms with Gasteiger partial charge in [-0.05, 0) is 31.0 Å². The number of benzene rings is 1. The summed E-state index contributed by atoms with van der Waals surface area (Å²) in [4.78, 5) is 23.7. The Kier molecular flexibility index (Phi) is 3.26. The standard InChI is InChI=1S/C11H11NO3S/c1-8-2-4-9(5-3-8)16-12-10(13)6-15-7-11(12)14/h2-5H,6-7H2,1H3. The third-order valence-corrected chi connectivity index (χ3v) is 3.19. The van der Waals surface area contributed by atoms with Gasteiger partial charge in [0.05, 0.1) is 0 Å². The highest BCUT2D eigenvalue weighted by molar-refractivity contribution is 7.98. The number of amides is 2. The largest absolute Gasteiger partial charge is 0.362 e. The molecule has 0 radical (unpaired) electrons. The molecule has 0 aliphatic carbocycles. The number of aryl methyl sites for hydroxylation is 1. The van der Waals surface area contributed by atoms with Crippen LogP contribution in [0.3, 0.4) is 0 Å². The minimum absolute atomic E-state index is 0.0232. The molecule has 16 heavy (non-hydrogen) atoms. The maximum atomic E-state index is 11.4. The van der Waals surface area contributed by atoms with Gasteiger partial charge in [-0.3, -0.25) is 9.59 Å². The van der Waals surface area contributed by atoms with E-state index in [0.29, 0.717) is 0 Å². The summed E-state index contributed by atoms with van der Waals surface area (Å²) in [5, 5.41) is 0. The van der Waals surface area contributed by atoms with E-state index >= 15 is 0 Å². The maximum absolute atomic E-state index is 11.4. The second kappa shape index (κ2) is 4.67. The summed E-state index contributed by atoms with van der Waals surface area (Å²) in [5.74, 6) is -0.608. The van der Waals surface area contributed by atoms with E-state index in [9.17, 15) is 9.59 Å². The average molecular weight is 237 g/mol. The fraction of sp³-hybridized carbons (Fsp3) is 0.273. The van der Waals surface area contributed by atoms with Crippen LogP contribution in [0.4, 0.5) is 0 Å². The van der Waals surface area contributed by atoms with E-state index in [1.807, 2.05) is 31.2 Å². The van der Waals surface area contributed by atoms with Gasteiger partial charge in [-0.25, -0.2) is 4.31 Å². The van der Waals surface area contributed by atoms with Gasteiger partial charge in [-0.15, -0.1) is 0 Å². The first-order chi connectivity index (χ1) is 7.66. The number of hydrogen-bond donors (Lipinski definition) is 0. The number of imide groups is 1. The Morgan fingerprint density at radius 2 is 1.69 bits per heavy atom. The third-order valence-electron chi connectivity index (χ3n) is 2.12. The van der Waals surface area contributed by atoms with Crippen LogP contribution in [0.15, 0.2) is 29.2 Å². The summed E-state index contributed by atoms with van der Waals surface area (Å²) in [6, 6.07) is 7.65. The van der Waals surface area contributed by atoms with Gasteiger partial charge in [0.25, 0.3) is 11.8 Å². The Bertz CT molecular complexity index is 400. The summed E-state index contributed by atoms with van der Waals surface area (Å²) < 4.78 is 5.99. The van der Waals surface area contributed by atoms with E-state index < -0.39 is 0 Å². The molecule has 0 spiro atoms. The highest BCUT2D eigenvalue weighted by Gasteiger charge is 2.27. The average Bonchev–Trinajstić information content (AvgIpc) is 2.26. The fourth-order valence-electron chi connectivity index (χ4n) is 1.29. The van der Waals surface area contributed by atoms with Crippen LogP contribution < -0.4 is 0 Å². The zero-order valence-corrected chi connectivity index (χ0v) is 9.62. The molecule has 0 bridgehead atoms. The van der Waals surface area contributed by atoms with Crippen LogP contribution in [0.25, 0.3) is 0 Å². The Balaban J connectivity index is 2.10. The van der Waals surface area contributed by atoms with Crippen molar-refractivity contribution in [2.24, 2.45) is 0 Å². The molecule has 84 valence electrons. The van der Waals surface area contributed by atoms with E-state index in [-0.39, 0.29) is 25.0 Å². The second-order valence-electron chi connectivity index (χ2n) is 3.48. The zero-order valence-electron chi connectivity index (χ0n) is 8.80. The van der Waals surface area contributed by atoms with Gasteiger partial charge in [0, 0.05) is 4.90 Å². The van der Waals surface area contributed by atoms with Crippen LogP contribution in [0.2, 0.25) is 0 Å². The van der Waals surface area contributed by atoms with E-state index in [4.69, 9.17) is 4.74 Å². The van der Waals surface area contributed by atoms with Gasteiger partial charge >= 0.3 is 0 Å². The van der Waals surface area contributed by atoms with Gasteiger partial charge in [0.1, 0.15) is 13.2 Å². The first-order valence-electron chi connectivity index (χ1n) is 4.85. The van der Waals surface area contributed by atoms with Crippen LogP contribution in [-0.4, -0.2) is 29.3 Å². The number of hydrogen-bond acceptors (Lipinski definition) is 4. The van der Waals surface area contributed by atoms with Crippen molar-refractivity contribution < 1.29 is 14.3 Å². The number of morpholine rings is 1. The van der Waals surface area contributed by atoms with Crippen LogP contribution in [0.5, 0.6) is 0 Å². The van der Waals surface area contributed by atoms with Crippen LogP contribution in [0.1, 0.15) is 5.56 Å². The Labute approximate surface area is 97.7 Å². The summed E-state index contributed by atoms with van der Waals surface area (Å²) in [6.07, 6.45) is 0. The smallest absolute Gasteiger partial charge is 0.265 e. The molecule has 0 atom stereocenters. The molecule has 1 aliphatic rings. The van der Waals surface area contributed by atoms with Crippen molar-refractivity contribution in [3.8, 4) is 0 Å². The molecule has 0 aromatic heterocycles. The van der Waals surface area contributed by atoms with Crippen LogP contribution in [-0.2, 0) is 14.3 Å². The predicted molar refractivity (Wildman–Crippen MR) is 59.7 cm³/mol. The van der Waals surface area contributed by atoms with Crippen molar-refractivity contribution in [3.63, 3.8) is 0 Å². The van der Waals surface area contributed by atoms with Crippen molar-refractivity contribution in [1.29, 1.82) is 0 Å². The van der Waals surface area contributed by atoms with Gasteiger partial charge in [0.2, 0.25) is 0 Å². The van der Waals surface area contributed by atoms with Crippen molar-refractivity contribution in [2.45, 2.75) is 11.8 Å². The topological polar surface area (TPSA) is 46.6 Å². The van der Waals surface area contributed by atoms with Crippen molar-refractivity contribution >= 4 is 23.8 Å². The molecular formula is C11H11NO3S.